The van der Waals surface area contributed by atoms with Crippen molar-refractivity contribution in [3.63, 3.8) is 0 Å². The third-order valence-corrected chi connectivity index (χ3v) is 4.25. The van der Waals surface area contributed by atoms with E-state index in [0.717, 1.165) is 5.69 Å². The number of anilines is 1. The van der Waals surface area contributed by atoms with Crippen LogP contribution in [0, 0.1) is 5.82 Å². The molecule has 0 bridgehead atoms. The number of amidine groups is 1. The van der Waals surface area contributed by atoms with E-state index in [9.17, 15) is 9.50 Å². The van der Waals surface area contributed by atoms with Gasteiger partial charge in [-0.3, -0.25) is 4.90 Å². The van der Waals surface area contributed by atoms with Gasteiger partial charge >= 0.3 is 0 Å². The van der Waals surface area contributed by atoms with Crippen molar-refractivity contribution < 1.29 is 9.50 Å². The molecule has 108 valence electrons. The molecule has 1 saturated heterocycles. The van der Waals surface area contributed by atoms with Gasteiger partial charge in [0.15, 0.2) is 5.17 Å². The Morgan fingerprint density at radius 3 is 2.71 bits per heavy atom. The van der Waals surface area contributed by atoms with E-state index in [-0.39, 0.29) is 5.82 Å². The number of nitrogens with zero attached hydrogens (tertiary/aromatic N) is 2. The highest BCUT2D eigenvalue weighted by Crippen LogP contribution is 2.32. The molecule has 1 heterocycles. The molecule has 1 atom stereocenters. The van der Waals surface area contributed by atoms with Crippen molar-refractivity contribution >= 4 is 39.9 Å². The lowest BCUT2D eigenvalue weighted by molar-refractivity contribution is 0.213. The smallest absolute Gasteiger partial charge is 0.171 e. The van der Waals surface area contributed by atoms with Crippen LogP contribution >= 0.6 is 23.4 Å². The Balaban J connectivity index is 1.95. The molecule has 0 radical (unpaired) electrons. The van der Waals surface area contributed by atoms with Crippen LogP contribution in [0.4, 0.5) is 15.8 Å². The van der Waals surface area contributed by atoms with E-state index in [1.54, 1.807) is 29.2 Å². The zero-order valence-corrected chi connectivity index (χ0v) is 12.5. The minimum absolute atomic E-state index is 0.301. The number of hydrogen-bond acceptors (Lipinski definition) is 3. The van der Waals surface area contributed by atoms with Gasteiger partial charge in [0.1, 0.15) is 12.0 Å². The molecule has 2 aromatic carbocycles. The zero-order valence-electron chi connectivity index (χ0n) is 10.9. The topological polar surface area (TPSA) is 35.8 Å². The second-order valence-corrected chi connectivity index (χ2v) is 5.94. The van der Waals surface area contributed by atoms with Crippen LogP contribution in [0.2, 0.25) is 5.02 Å². The molecule has 3 nitrogen and oxygen atoms in total. The maximum atomic E-state index is 12.9. The highest BCUT2D eigenvalue weighted by Gasteiger charge is 2.30. The minimum atomic E-state index is -0.660. The standard InChI is InChI=1S/C15H12ClFN2OS/c16-10-2-1-3-13(8-10)19-14(20)9-21-15(19)18-12-6-4-11(17)5-7-12/h1-8,14,20H,9H2. The molecule has 1 N–H and O–H groups in total. The lowest BCUT2D eigenvalue weighted by Crippen LogP contribution is -2.33. The van der Waals surface area contributed by atoms with E-state index in [1.807, 2.05) is 12.1 Å². The molecule has 0 aromatic heterocycles. The van der Waals surface area contributed by atoms with Crippen molar-refractivity contribution in [2.45, 2.75) is 6.23 Å². The maximum Gasteiger partial charge on any atom is 0.171 e. The van der Waals surface area contributed by atoms with Gasteiger partial charge < -0.3 is 5.11 Å². The summed E-state index contributed by atoms with van der Waals surface area (Å²) in [6.45, 7) is 0. The SMILES string of the molecule is OC1CSC(=Nc2ccc(F)cc2)N1c1cccc(Cl)c1. The monoisotopic (exact) mass is 322 g/mol. The van der Waals surface area contributed by atoms with E-state index >= 15 is 0 Å². The summed E-state index contributed by atoms with van der Waals surface area (Å²) in [6.07, 6.45) is -0.660. The fourth-order valence-corrected chi connectivity index (χ4v) is 3.21. The van der Waals surface area contributed by atoms with Crippen LogP contribution in [0.3, 0.4) is 0 Å². The summed E-state index contributed by atoms with van der Waals surface area (Å²) in [5, 5.41) is 11.4. The molecular weight excluding hydrogens is 311 g/mol. The van der Waals surface area contributed by atoms with Crippen molar-refractivity contribution in [3.8, 4) is 0 Å². The van der Waals surface area contributed by atoms with Gasteiger partial charge in [-0.05, 0) is 42.5 Å². The molecule has 0 amide bonds. The van der Waals surface area contributed by atoms with Crippen LogP contribution in [0.25, 0.3) is 0 Å². The summed E-state index contributed by atoms with van der Waals surface area (Å²) in [5.74, 6) is 0.219. The highest BCUT2D eigenvalue weighted by atomic mass is 35.5. The molecule has 21 heavy (non-hydrogen) atoms. The summed E-state index contributed by atoms with van der Waals surface area (Å²) >= 11 is 7.45. The van der Waals surface area contributed by atoms with E-state index in [1.165, 1.54) is 23.9 Å². The molecule has 0 saturated carbocycles. The predicted octanol–water partition coefficient (Wildman–Crippen LogP) is 4.04. The number of aliphatic imine (C=N–C) groups is 1. The first-order chi connectivity index (χ1) is 10.1. The number of aliphatic hydroxyl groups is 1. The van der Waals surface area contributed by atoms with Gasteiger partial charge in [-0.15, -0.1) is 0 Å². The minimum Gasteiger partial charge on any atom is -0.372 e. The summed E-state index contributed by atoms with van der Waals surface area (Å²) in [7, 11) is 0. The first-order valence-corrected chi connectivity index (χ1v) is 7.70. The summed E-state index contributed by atoms with van der Waals surface area (Å²) in [4.78, 5) is 6.19. The van der Waals surface area contributed by atoms with Crippen LogP contribution in [-0.4, -0.2) is 22.3 Å². The molecule has 1 aliphatic rings. The highest BCUT2D eigenvalue weighted by molar-refractivity contribution is 8.14. The van der Waals surface area contributed by atoms with Gasteiger partial charge in [0, 0.05) is 16.5 Å². The Bertz CT molecular complexity index is 678. The molecule has 0 spiro atoms. The fraction of sp³-hybridized carbons (Fsp3) is 0.133. The van der Waals surface area contributed by atoms with Gasteiger partial charge in [-0.1, -0.05) is 29.4 Å². The summed E-state index contributed by atoms with van der Waals surface area (Å²) in [5.41, 5.74) is 1.42. The number of halogens is 2. The largest absolute Gasteiger partial charge is 0.372 e. The van der Waals surface area contributed by atoms with Gasteiger partial charge in [0.2, 0.25) is 0 Å². The van der Waals surface area contributed by atoms with E-state index in [2.05, 4.69) is 4.99 Å². The third-order valence-electron chi connectivity index (χ3n) is 3.00. The average Bonchev–Trinajstić information content (AvgIpc) is 2.82. The Morgan fingerprint density at radius 2 is 2.00 bits per heavy atom. The van der Waals surface area contributed by atoms with Crippen LogP contribution in [0.5, 0.6) is 0 Å². The van der Waals surface area contributed by atoms with Crippen molar-refractivity contribution in [2.24, 2.45) is 4.99 Å². The lowest BCUT2D eigenvalue weighted by atomic mass is 10.3. The zero-order chi connectivity index (χ0) is 14.8. The van der Waals surface area contributed by atoms with E-state index in [0.29, 0.717) is 21.6 Å². The van der Waals surface area contributed by atoms with Crippen molar-refractivity contribution in [1.82, 2.24) is 0 Å². The Kier molecular flexibility index (Phi) is 4.14. The molecule has 3 rings (SSSR count). The number of rotatable bonds is 2. The van der Waals surface area contributed by atoms with Crippen LogP contribution in [-0.2, 0) is 0 Å². The van der Waals surface area contributed by atoms with E-state index in [4.69, 9.17) is 11.6 Å². The lowest BCUT2D eigenvalue weighted by Gasteiger charge is -2.22. The van der Waals surface area contributed by atoms with Gasteiger partial charge in [-0.2, -0.15) is 0 Å². The van der Waals surface area contributed by atoms with Crippen molar-refractivity contribution in [2.75, 3.05) is 10.7 Å². The number of hydrogen-bond donors (Lipinski definition) is 1. The second kappa shape index (κ2) is 6.05. The van der Waals surface area contributed by atoms with Crippen LogP contribution in [0.15, 0.2) is 53.5 Å². The molecule has 0 aliphatic carbocycles. The molecule has 1 unspecified atom stereocenters. The number of benzene rings is 2. The van der Waals surface area contributed by atoms with Crippen LogP contribution < -0.4 is 4.90 Å². The second-order valence-electron chi connectivity index (χ2n) is 4.51. The normalized spacial score (nSPS) is 20.2. The molecule has 1 aliphatic heterocycles. The van der Waals surface area contributed by atoms with Crippen molar-refractivity contribution in [1.29, 1.82) is 0 Å². The van der Waals surface area contributed by atoms with E-state index < -0.39 is 6.23 Å². The quantitative estimate of drug-likeness (QED) is 0.906. The fourth-order valence-electron chi connectivity index (χ4n) is 2.04. The van der Waals surface area contributed by atoms with Crippen molar-refractivity contribution in [3.05, 3.63) is 59.4 Å². The Hall–Kier alpha value is -1.56. The average molecular weight is 323 g/mol. The van der Waals surface area contributed by atoms with Crippen LogP contribution in [0.1, 0.15) is 0 Å². The maximum absolute atomic E-state index is 12.9. The molecule has 6 heteroatoms. The predicted molar refractivity (Wildman–Crippen MR) is 85.9 cm³/mol. The summed E-state index contributed by atoms with van der Waals surface area (Å²) < 4.78 is 12.9. The third kappa shape index (κ3) is 3.20. The van der Waals surface area contributed by atoms with Gasteiger partial charge in [-0.25, -0.2) is 9.38 Å². The molecule has 2 aromatic rings. The molecular formula is C15H12ClFN2OS. The number of aliphatic hydroxyl groups excluding tert-OH is 1. The summed E-state index contributed by atoms with van der Waals surface area (Å²) in [6, 6.07) is 13.2. The van der Waals surface area contributed by atoms with Gasteiger partial charge in [0.05, 0.1) is 5.69 Å². The Labute approximate surface area is 131 Å². The number of thioether (sulfide) groups is 1. The Morgan fingerprint density at radius 1 is 1.24 bits per heavy atom. The first kappa shape index (κ1) is 14.4. The van der Waals surface area contributed by atoms with Gasteiger partial charge in [0.25, 0.3) is 0 Å². The first-order valence-electron chi connectivity index (χ1n) is 6.33. The molecule has 1 fully saturated rings.